The van der Waals surface area contributed by atoms with Crippen molar-refractivity contribution in [2.45, 2.75) is 37.6 Å². The first-order chi connectivity index (χ1) is 13.8. The minimum absolute atomic E-state index is 0.0770. The normalized spacial score (nSPS) is 17.6. The molecule has 1 aliphatic rings. The molecule has 3 heterocycles. The third-order valence-electron chi connectivity index (χ3n) is 4.68. The van der Waals surface area contributed by atoms with E-state index in [9.17, 15) is 12.8 Å². The fraction of sp³-hybridized carbons (Fsp3) is 0.316. The van der Waals surface area contributed by atoms with Crippen LogP contribution in [-0.4, -0.2) is 34.2 Å². The monoisotopic (exact) mass is 433 g/mol. The standard InChI is InChI=1S/C19H20FN5O2S2/c1-12-11-21-19(28-12)24-18-10-16(22-13(2)23-18)17-4-3-9-25(17)29(26,27)15-7-5-14(20)6-8-15/h5-8,10-11,17H,3-4,9H2,1-2H3,(H,21,22,23,24). The highest BCUT2D eigenvalue weighted by molar-refractivity contribution is 7.89. The number of nitrogens with zero attached hydrogens (tertiary/aromatic N) is 4. The fourth-order valence-corrected chi connectivity index (χ4v) is 5.75. The Balaban J connectivity index is 1.65. The molecule has 0 radical (unpaired) electrons. The summed E-state index contributed by atoms with van der Waals surface area (Å²) in [5, 5.41) is 3.88. The lowest BCUT2D eigenvalue weighted by molar-refractivity contribution is 0.389. The molecule has 0 bridgehead atoms. The molecule has 0 aliphatic carbocycles. The van der Waals surface area contributed by atoms with Gasteiger partial charge in [0.1, 0.15) is 17.5 Å². The lowest BCUT2D eigenvalue weighted by atomic mass is 10.1. The summed E-state index contributed by atoms with van der Waals surface area (Å²) in [6.45, 7) is 4.13. The molecule has 1 saturated heterocycles. The second-order valence-electron chi connectivity index (χ2n) is 6.85. The van der Waals surface area contributed by atoms with Gasteiger partial charge in [-0.15, -0.1) is 11.3 Å². The first-order valence-corrected chi connectivity index (χ1v) is 11.4. The zero-order valence-electron chi connectivity index (χ0n) is 16.0. The summed E-state index contributed by atoms with van der Waals surface area (Å²) in [5.41, 5.74) is 0.636. The van der Waals surface area contributed by atoms with Crippen LogP contribution in [0.15, 0.2) is 41.4 Å². The molecule has 7 nitrogen and oxygen atoms in total. The minimum atomic E-state index is -3.76. The van der Waals surface area contributed by atoms with Gasteiger partial charge in [0.2, 0.25) is 10.0 Å². The highest BCUT2D eigenvalue weighted by Gasteiger charge is 2.37. The van der Waals surface area contributed by atoms with Gasteiger partial charge in [-0.3, -0.25) is 0 Å². The Kier molecular flexibility index (Phi) is 5.32. The Hall–Kier alpha value is -2.43. The molecule has 1 aromatic carbocycles. The molecule has 1 unspecified atom stereocenters. The van der Waals surface area contributed by atoms with Gasteiger partial charge in [-0.05, 0) is 51.0 Å². The fourth-order valence-electron chi connectivity index (χ4n) is 3.41. The maximum atomic E-state index is 13.2. The van der Waals surface area contributed by atoms with Crippen LogP contribution in [0.5, 0.6) is 0 Å². The van der Waals surface area contributed by atoms with Gasteiger partial charge in [0.25, 0.3) is 0 Å². The van der Waals surface area contributed by atoms with Gasteiger partial charge in [-0.1, -0.05) is 0 Å². The summed E-state index contributed by atoms with van der Waals surface area (Å²) in [6.07, 6.45) is 3.16. The third kappa shape index (κ3) is 4.14. The lowest BCUT2D eigenvalue weighted by Gasteiger charge is -2.24. The highest BCUT2D eigenvalue weighted by Crippen LogP contribution is 2.36. The van der Waals surface area contributed by atoms with E-state index in [1.165, 1.54) is 27.8 Å². The molecule has 1 N–H and O–H groups in total. The van der Waals surface area contributed by atoms with Crippen LogP contribution in [0.2, 0.25) is 0 Å². The highest BCUT2D eigenvalue weighted by atomic mass is 32.2. The largest absolute Gasteiger partial charge is 0.316 e. The SMILES string of the molecule is Cc1nc(Nc2ncc(C)s2)cc(C2CCCN2S(=O)(=O)c2ccc(F)cc2)n1. The molecule has 4 rings (SSSR count). The number of anilines is 2. The maximum Gasteiger partial charge on any atom is 0.243 e. The molecule has 0 spiro atoms. The van der Waals surface area contributed by atoms with Crippen molar-refractivity contribution in [1.29, 1.82) is 0 Å². The van der Waals surface area contributed by atoms with Crippen LogP contribution in [0.25, 0.3) is 0 Å². The van der Waals surface area contributed by atoms with E-state index in [1.807, 2.05) is 6.92 Å². The van der Waals surface area contributed by atoms with Crippen molar-refractivity contribution >= 4 is 32.3 Å². The Labute approximate surface area is 172 Å². The molecule has 152 valence electrons. The predicted molar refractivity (Wildman–Crippen MR) is 109 cm³/mol. The van der Waals surface area contributed by atoms with Gasteiger partial charge in [0.05, 0.1) is 16.6 Å². The third-order valence-corrected chi connectivity index (χ3v) is 7.43. The van der Waals surface area contributed by atoms with Gasteiger partial charge in [0, 0.05) is 23.7 Å². The van der Waals surface area contributed by atoms with Crippen molar-refractivity contribution < 1.29 is 12.8 Å². The summed E-state index contributed by atoms with van der Waals surface area (Å²) in [6, 6.07) is 6.28. The number of hydrogen-bond donors (Lipinski definition) is 1. The first-order valence-electron chi connectivity index (χ1n) is 9.15. The molecule has 3 aromatic rings. The molecular weight excluding hydrogens is 413 g/mol. The molecule has 29 heavy (non-hydrogen) atoms. The van der Waals surface area contributed by atoms with Gasteiger partial charge >= 0.3 is 0 Å². The van der Waals surface area contributed by atoms with Crippen molar-refractivity contribution in [1.82, 2.24) is 19.3 Å². The average Bonchev–Trinajstić information content (AvgIpc) is 3.31. The van der Waals surface area contributed by atoms with E-state index < -0.39 is 21.9 Å². The quantitative estimate of drug-likeness (QED) is 0.655. The second kappa shape index (κ2) is 7.77. The Morgan fingerprint density at radius 1 is 1.21 bits per heavy atom. The van der Waals surface area contributed by atoms with E-state index >= 15 is 0 Å². The number of sulfonamides is 1. The van der Waals surface area contributed by atoms with E-state index in [4.69, 9.17) is 0 Å². The molecule has 2 aromatic heterocycles. The van der Waals surface area contributed by atoms with Crippen LogP contribution in [-0.2, 0) is 10.0 Å². The van der Waals surface area contributed by atoms with E-state index in [1.54, 1.807) is 19.2 Å². The number of nitrogens with one attached hydrogen (secondary N) is 1. The van der Waals surface area contributed by atoms with Gasteiger partial charge in [0.15, 0.2) is 5.13 Å². The number of benzene rings is 1. The molecule has 1 atom stereocenters. The zero-order chi connectivity index (χ0) is 20.6. The molecule has 0 saturated carbocycles. The molecular formula is C19H20FN5O2S2. The minimum Gasteiger partial charge on any atom is -0.316 e. The summed E-state index contributed by atoms with van der Waals surface area (Å²) < 4.78 is 40.9. The van der Waals surface area contributed by atoms with E-state index in [0.717, 1.165) is 23.4 Å². The van der Waals surface area contributed by atoms with Crippen LogP contribution in [0.4, 0.5) is 15.3 Å². The number of hydrogen-bond acceptors (Lipinski definition) is 7. The van der Waals surface area contributed by atoms with Crippen molar-refractivity contribution in [2.24, 2.45) is 0 Å². The second-order valence-corrected chi connectivity index (χ2v) is 9.98. The van der Waals surface area contributed by atoms with Gasteiger partial charge in [-0.2, -0.15) is 4.31 Å². The molecule has 1 fully saturated rings. The lowest BCUT2D eigenvalue weighted by Crippen LogP contribution is -2.31. The number of thiazole rings is 1. The summed E-state index contributed by atoms with van der Waals surface area (Å²) in [5.74, 6) is 0.652. The van der Waals surface area contributed by atoms with Gasteiger partial charge < -0.3 is 5.32 Å². The first kappa shape index (κ1) is 19.9. The van der Waals surface area contributed by atoms with Crippen molar-refractivity contribution in [3.63, 3.8) is 0 Å². The van der Waals surface area contributed by atoms with Crippen LogP contribution in [0.3, 0.4) is 0 Å². The summed E-state index contributed by atoms with van der Waals surface area (Å²) >= 11 is 1.51. The maximum absolute atomic E-state index is 13.2. The number of rotatable bonds is 5. The Morgan fingerprint density at radius 2 is 1.97 bits per heavy atom. The smallest absolute Gasteiger partial charge is 0.243 e. The topological polar surface area (TPSA) is 88.1 Å². The van der Waals surface area contributed by atoms with Crippen molar-refractivity contribution in [3.05, 3.63) is 58.7 Å². The van der Waals surface area contributed by atoms with E-state index in [0.29, 0.717) is 35.4 Å². The predicted octanol–water partition coefficient (Wildman–Crippen LogP) is 3.96. The Morgan fingerprint density at radius 3 is 2.66 bits per heavy atom. The van der Waals surface area contributed by atoms with Crippen LogP contribution >= 0.6 is 11.3 Å². The molecule has 1 aliphatic heterocycles. The Bertz CT molecular complexity index is 1130. The van der Waals surface area contributed by atoms with Crippen molar-refractivity contribution in [3.8, 4) is 0 Å². The zero-order valence-corrected chi connectivity index (χ0v) is 17.6. The van der Waals surface area contributed by atoms with E-state index in [2.05, 4.69) is 20.3 Å². The summed E-state index contributed by atoms with van der Waals surface area (Å²) in [4.78, 5) is 14.3. The number of aryl methyl sites for hydroxylation is 2. The van der Waals surface area contributed by atoms with Crippen molar-refractivity contribution in [2.75, 3.05) is 11.9 Å². The molecule has 0 amide bonds. The number of halogens is 1. The van der Waals surface area contributed by atoms with Crippen LogP contribution in [0.1, 0.15) is 35.3 Å². The van der Waals surface area contributed by atoms with Crippen LogP contribution < -0.4 is 5.32 Å². The van der Waals surface area contributed by atoms with E-state index in [-0.39, 0.29) is 4.90 Å². The number of aromatic nitrogens is 3. The summed E-state index contributed by atoms with van der Waals surface area (Å²) in [7, 11) is -3.76. The van der Waals surface area contributed by atoms with Gasteiger partial charge in [-0.25, -0.2) is 27.8 Å². The molecule has 10 heteroatoms. The van der Waals surface area contributed by atoms with Crippen LogP contribution in [0, 0.1) is 19.7 Å². The average molecular weight is 434 g/mol.